The van der Waals surface area contributed by atoms with Crippen LogP contribution in [0, 0.1) is 0 Å². The summed E-state index contributed by atoms with van der Waals surface area (Å²) in [7, 11) is 3.91. The van der Waals surface area contributed by atoms with Crippen LogP contribution in [0.5, 0.6) is 0 Å². The SMILES string of the molecule is CN(C)[C@@H](CNC(=O)c1cnc2ccccn2c1=O)c1ccccc1. The molecular weight excluding hydrogens is 316 g/mol. The molecule has 0 spiro atoms. The number of hydrogen-bond donors (Lipinski definition) is 1. The highest BCUT2D eigenvalue weighted by atomic mass is 16.2. The topological polar surface area (TPSA) is 66.7 Å². The second-order valence-electron chi connectivity index (χ2n) is 6.01. The van der Waals surface area contributed by atoms with Crippen LogP contribution in [0.15, 0.2) is 65.7 Å². The summed E-state index contributed by atoms with van der Waals surface area (Å²) in [6.45, 7) is 0.396. The number of likely N-dealkylation sites (N-methyl/N-ethyl adjacent to an activating group) is 1. The maximum atomic E-state index is 12.5. The van der Waals surface area contributed by atoms with Crippen molar-refractivity contribution in [3.05, 3.63) is 82.4 Å². The Balaban J connectivity index is 1.80. The summed E-state index contributed by atoms with van der Waals surface area (Å²) in [5, 5.41) is 2.85. The Kier molecular flexibility index (Phi) is 4.90. The molecule has 0 aliphatic heterocycles. The molecule has 0 aliphatic rings. The molecule has 6 nitrogen and oxygen atoms in total. The van der Waals surface area contributed by atoms with Crippen molar-refractivity contribution in [2.24, 2.45) is 0 Å². The maximum absolute atomic E-state index is 12.5. The van der Waals surface area contributed by atoms with Crippen LogP contribution in [0.1, 0.15) is 22.0 Å². The molecule has 1 aromatic carbocycles. The molecule has 2 heterocycles. The van der Waals surface area contributed by atoms with Gasteiger partial charge in [-0.3, -0.25) is 14.0 Å². The molecule has 0 unspecified atom stereocenters. The number of nitrogens with one attached hydrogen (secondary N) is 1. The molecule has 0 radical (unpaired) electrons. The van der Waals surface area contributed by atoms with E-state index in [2.05, 4.69) is 10.3 Å². The Morgan fingerprint density at radius 1 is 1.16 bits per heavy atom. The van der Waals surface area contributed by atoms with E-state index in [0.29, 0.717) is 12.2 Å². The van der Waals surface area contributed by atoms with E-state index in [4.69, 9.17) is 0 Å². The molecule has 1 N–H and O–H groups in total. The molecule has 25 heavy (non-hydrogen) atoms. The summed E-state index contributed by atoms with van der Waals surface area (Å²) in [4.78, 5) is 31.2. The predicted molar refractivity (Wildman–Crippen MR) is 96.7 cm³/mol. The first-order valence-electron chi connectivity index (χ1n) is 8.04. The lowest BCUT2D eigenvalue weighted by atomic mass is 10.1. The van der Waals surface area contributed by atoms with Crippen molar-refractivity contribution >= 4 is 11.6 Å². The number of amides is 1. The lowest BCUT2D eigenvalue weighted by molar-refractivity contribution is 0.0940. The number of fused-ring (bicyclic) bond motifs is 1. The van der Waals surface area contributed by atoms with E-state index in [1.165, 1.54) is 10.6 Å². The summed E-state index contributed by atoms with van der Waals surface area (Å²) in [6.07, 6.45) is 2.94. The van der Waals surface area contributed by atoms with E-state index < -0.39 is 5.91 Å². The molecule has 6 heteroatoms. The van der Waals surface area contributed by atoms with E-state index in [9.17, 15) is 9.59 Å². The van der Waals surface area contributed by atoms with Crippen molar-refractivity contribution in [1.82, 2.24) is 19.6 Å². The standard InChI is InChI=1S/C19H20N4O2/c1-22(2)16(14-8-4-3-5-9-14)13-21-18(24)15-12-20-17-10-6-7-11-23(17)19(15)25/h3-12,16H,13H2,1-2H3,(H,21,24)/t16-/m0/s1. The minimum Gasteiger partial charge on any atom is -0.350 e. The van der Waals surface area contributed by atoms with Gasteiger partial charge < -0.3 is 10.2 Å². The first-order valence-corrected chi connectivity index (χ1v) is 8.04. The molecule has 0 aliphatic carbocycles. The molecule has 0 saturated carbocycles. The van der Waals surface area contributed by atoms with Gasteiger partial charge in [-0.2, -0.15) is 0 Å². The Morgan fingerprint density at radius 3 is 2.60 bits per heavy atom. The van der Waals surface area contributed by atoms with E-state index in [-0.39, 0.29) is 17.2 Å². The highest BCUT2D eigenvalue weighted by Crippen LogP contribution is 2.16. The number of nitrogens with zero attached hydrogens (tertiary/aromatic N) is 3. The van der Waals surface area contributed by atoms with E-state index in [1.54, 1.807) is 24.4 Å². The van der Waals surface area contributed by atoms with Crippen molar-refractivity contribution < 1.29 is 4.79 Å². The predicted octanol–water partition coefficient (Wildman–Crippen LogP) is 1.73. The van der Waals surface area contributed by atoms with Gasteiger partial charge in [0.25, 0.3) is 11.5 Å². The normalized spacial score (nSPS) is 12.3. The van der Waals surface area contributed by atoms with Gasteiger partial charge in [0.1, 0.15) is 11.2 Å². The van der Waals surface area contributed by atoms with Crippen molar-refractivity contribution in [3.63, 3.8) is 0 Å². The average molecular weight is 336 g/mol. The molecule has 0 saturated heterocycles. The van der Waals surface area contributed by atoms with Crippen molar-refractivity contribution in [3.8, 4) is 0 Å². The largest absolute Gasteiger partial charge is 0.350 e. The Hall–Kier alpha value is -2.99. The van der Waals surface area contributed by atoms with Gasteiger partial charge in [-0.25, -0.2) is 4.98 Å². The zero-order valence-electron chi connectivity index (χ0n) is 14.2. The fourth-order valence-electron chi connectivity index (χ4n) is 2.74. The highest BCUT2D eigenvalue weighted by Gasteiger charge is 2.18. The summed E-state index contributed by atoms with van der Waals surface area (Å²) in [5.41, 5.74) is 1.28. The van der Waals surface area contributed by atoms with Gasteiger partial charge in [-0.1, -0.05) is 36.4 Å². The number of hydrogen-bond acceptors (Lipinski definition) is 4. The van der Waals surface area contributed by atoms with Gasteiger partial charge in [-0.05, 0) is 31.8 Å². The molecule has 1 atom stereocenters. The molecule has 1 amide bonds. The van der Waals surface area contributed by atoms with Crippen LogP contribution >= 0.6 is 0 Å². The van der Waals surface area contributed by atoms with Crippen molar-refractivity contribution in [2.45, 2.75) is 6.04 Å². The minimum atomic E-state index is -0.418. The van der Waals surface area contributed by atoms with E-state index >= 15 is 0 Å². The monoisotopic (exact) mass is 336 g/mol. The summed E-state index contributed by atoms with van der Waals surface area (Å²) >= 11 is 0. The van der Waals surface area contributed by atoms with E-state index in [0.717, 1.165) is 5.56 Å². The summed E-state index contributed by atoms with van der Waals surface area (Å²) < 4.78 is 1.37. The fourth-order valence-corrected chi connectivity index (χ4v) is 2.74. The summed E-state index contributed by atoms with van der Waals surface area (Å²) in [6, 6.07) is 15.2. The van der Waals surface area contributed by atoms with E-state index in [1.807, 2.05) is 49.3 Å². The lowest BCUT2D eigenvalue weighted by Gasteiger charge is -2.25. The van der Waals surface area contributed by atoms with Gasteiger partial charge in [0.2, 0.25) is 0 Å². The number of rotatable bonds is 5. The molecule has 2 aromatic heterocycles. The van der Waals surface area contributed by atoms with Crippen molar-refractivity contribution in [1.29, 1.82) is 0 Å². The first-order chi connectivity index (χ1) is 12.1. The Labute approximate surface area is 145 Å². The second-order valence-corrected chi connectivity index (χ2v) is 6.01. The van der Waals surface area contributed by atoms with Gasteiger partial charge in [0.15, 0.2) is 0 Å². The molecule has 0 bridgehead atoms. The third-order valence-electron chi connectivity index (χ3n) is 4.12. The number of benzene rings is 1. The molecule has 0 fully saturated rings. The molecule has 3 aromatic rings. The van der Waals surface area contributed by atoms with Crippen molar-refractivity contribution in [2.75, 3.05) is 20.6 Å². The quantitative estimate of drug-likeness (QED) is 0.770. The van der Waals surface area contributed by atoms with Crippen LogP contribution in [-0.4, -0.2) is 40.8 Å². The molecule has 128 valence electrons. The van der Waals surface area contributed by atoms with Crippen LogP contribution in [0.25, 0.3) is 5.65 Å². The smallest absolute Gasteiger partial charge is 0.270 e. The van der Waals surface area contributed by atoms with Gasteiger partial charge >= 0.3 is 0 Å². The number of carbonyl (C=O) groups excluding carboxylic acids is 1. The average Bonchev–Trinajstić information content (AvgIpc) is 2.63. The number of carbonyl (C=O) groups is 1. The van der Waals surface area contributed by atoms with Crippen LogP contribution in [0.3, 0.4) is 0 Å². The van der Waals surface area contributed by atoms with Crippen LogP contribution in [-0.2, 0) is 0 Å². The van der Waals surface area contributed by atoms with Gasteiger partial charge in [-0.15, -0.1) is 0 Å². The zero-order chi connectivity index (χ0) is 17.8. The Morgan fingerprint density at radius 2 is 1.88 bits per heavy atom. The zero-order valence-corrected chi connectivity index (χ0v) is 14.2. The third-order valence-corrected chi connectivity index (χ3v) is 4.12. The fraction of sp³-hybridized carbons (Fsp3) is 0.211. The Bertz CT molecular complexity index is 935. The van der Waals surface area contributed by atoms with Crippen LogP contribution in [0.2, 0.25) is 0 Å². The molecular formula is C19H20N4O2. The van der Waals surface area contributed by atoms with Gasteiger partial charge in [0, 0.05) is 18.9 Å². The third kappa shape index (κ3) is 3.59. The molecule has 3 rings (SSSR count). The summed E-state index contributed by atoms with van der Waals surface area (Å²) in [5.74, 6) is -0.418. The maximum Gasteiger partial charge on any atom is 0.270 e. The lowest BCUT2D eigenvalue weighted by Crippen LogP contribution is -2.37. The number of aromatic nitrogens is 2. The van der Waals surface area contributed by atoms with Crippen LogP contribution < -0.4 is 10.9 Å². The van der Waals surface area contributed by atoms with Gasteiger partial charge in [0.05, 0.1) is 6.04 Å². The second kappa shape index (κ2) is 7.27. The highest BCUT2D eigenvalue weighted by molar-refractivity contribution is 5.93. The number of pyridine rings is 1. The first kappa shape index (κ1) is 16.9. The van der Waals surface area contributed by atoms with Crippen LogP contribution in [0.4, 0.5) is 0 Å². The minimum absolute atomic E-state index is 0.0151.